The second kappa shape index (κ2) is 5.65. The van der Waals surface area contributed by atoms with Gasteiger partial charge in [-0.3, -0.25) is 9.69 Å². The fourth-order valence-corrected chi connectivity index (χ4v) is 3.03. The summed E-state index contributed by atoms with van der Waals surface area (Å²) in [5, 5.41) is 0. The molecule has 0 saturated carbocycles. The predicted molar refractivity (Wildman–Crippen MR) is 71.7 cm³/mol. The van der Waals surface area contributed by atoms with Crippen molar-refractivity contribution in [3.63, 3.8) is 0 Å². The Morgan fingerprint density at radius 2 is 2.00 bits per heavy atom. The number of aryl methyl sites for hydroxylation is 1. The summed E-state index contributed by atoms with van der Waals surface area (Å²) >= 11 is 1.60. The molecule has 0 atom stereocenters. The normalized spacial score (nSPS) is 17.4. The predicted octanol–water partition coefficient (Wildman–Crippen LogP) is 2.22. The Bertz CT molecular complexity index is 381. The quantitative estimate of drug-likeness (QED) is 0.823. The first-order valence-corrected chi connectivity index (χ1v) is 7.10. The Morgan fingerprint density at radius 3 is 2.53 bits per heavy atom. The summed E-state index contributed by atoms with van der Waals surface area (Å²) in [7, 11) is 0. The number of hydrogen-bond donors (Lipinski definition) is 0. The summed E-state index contributed by atoms with van der Waals surface area (Å²) in [6.07, 6.45) is 1.19. The van der Waals surface area contributed by atoms with Crippen LogP contribution in [0.4, 0.5) is 0 Å². The van der Waals surface area contributed by atoms with Crippen molar-refractivity contribution in [2.24, 2.45) is 0 Å². The molecule has 1 aromatic heterocycles. The molecule has 1 fully saturated rings. The number of thiophene rings is 1. The zero-order valence-corrected chi connectivity index (χ0v) is 11.4. The molecule has 0 spiro atoms. The van der Waals surface area contributed by atoms with Gasteiger partial charge < -0.3 is 4.90 Å². The molecular weight excluding hydrogens is 232 g/mol. The van der Waals surface area contributed by atoms with Crippen LogP contribution in [0.25, 0.3) is 0 Å². The molecule has 2 heterocycles. The number of piperazine rings is 1. The van der Waals surface area contributed by atoms with Crippen LogP contribution in [0, 0.1) is 6.92 Å². The van der Waals surface area contributed by atoms with Crippen molar-refractivity contribution in [2.75, 3.05) is 32.7 Å². The lowest BCUT2D eigenvalue weighted by Gasteiger charge is -2.34. The number of carbonyl (C=O) groups excluding carboxylic acids is 1. The van der Waals surface area contributed by atoms with E-state index in [-0.39, 0.29) is 5.91 Å². The lowest BCUT2D eigenvalue weighted by Crippen LogP contribution is -2.48. The molecule has 0 radical (unpaired) electrons. The number of carbonyl (C=O) groups is 1. The van der Waals surface area contributed by atoms with Gasteiger partial charge in [-0.1, -0.05) is 6.92 Å². The minimum Gasteiger partial charge on any atom is -0.335 e. The highest BCUT2D eigenvalue weighted by molar-refractivity contribution is 7.13. The third-order valence-electron chi connectivity index (χ3n) is 3.15. The zero-order chi connectivity index (χ0) is 12.3. The summed E-state index contributed by atoms with van der Waals surface area (Å²) < 4.78 is 0. The van der Waals surface area contributed by atoms with E-state index in [9.17, 15) is 4.79 Å². The summed E-state index contributed by atoms with van der Waals surface area (Å²) in [6.45, 7) is 9.17. The highest BCUT2D eigenvalue weighted by Gasteiger charge is 2.22. The summed E-state index contributed by atoms with van der Waals surface area (Å²) in [5.41, 5.74) is 0. The zero-order valence-electron chi connectivity index (χ0n) is 10.6. The van der Waals surface area contributed by atoms with Crippen LogP contribution in [0.5, 0.6) is 0 Å². The third-order valence-corrected chi connectivity index (χ3v) is 4.14. The number of amides is 1. The van der Waals surface area contributed by atoms with Gasteiger partial charge in [0.25, 0.3) is 5.91 Å². The first-order valence-electron chi connectivity index (χ1n) is 6.28. The van der Waals surface area contributed by atoms with Gasteiger partial charge in [-0.25, -0.2) is 0 Å². The van der Waals surface area contributed by atoms with Crippen LogP contribution < -0.4 is 0 Å². The maximum absolute atomic E-state index is 12.2. The first-order chi connectivity index (χ1) is 8.20. The van der Waals surface area contributed by atoms with Crippen molar-refractivity contribution in [3.8, 4) is 0 Å². The van der Waals surface area contributed by atoms with E-state index in [0.717, 1.165) is 37.6 Å². The highest BCUT2D eigenvalue weighted by atomic mass is 32.1. The smallest absolute Gasteiger partial charge is 0.264 e. The van der Waals surface area contributed by atoms with Gasteiger partial charge in [-0.05, 0) is 32.0 Å². The van der Waals surface area contributed by atoms with Gasteiger partial charge in [-0.15, -0.1) is 11.3 Å². The molecule has 1 aromatic rings. The van der Waals surface area contributed by atoms with Gasteiger partial charge in [0.05, 0.1) is 4.88 Å². The van der Waals surface area contributed by atoms with Crippen molar-refractivity contribution >= 4 is 17.2 Å². The van der Waals surface area contributed by atoms with E-state index < -0.39 is 0 Å². The minimum atomic E-state index is 0.208. The molecule has 0 aromatic carbocycles. The standard InChI is InChI=1S/C13H20N2OS/c1-3-6-14-7-9-15(10-8-14)13(16)12-5-4-11(2)17-12/h4-5H,3,6-10H2,1-2H3. The fraction of sp³-hybridized carbons (Fsp3) is 0.615. The van der Waals surface area contributed by atoms with Gasteiger partial charge in [0, 0.05) is 31.1 Å². The maximum Gasteiger partial charge on any atom is 0.264 e. The molecule has 0 bridgehead atoms. The SMILES string of the molecule is CCCN1CCN(C(=O)c2ccc(C)s2)CC1. The van der Waals surface area contributed by atoms with Crippen LogP contribution in [0.3, 0.4) is 0 Å². The Morgan fingerprint density at radius 1 is 1.29 bits per heavy atom. The van der Waals surface area contributed by atoms with E-state index in [1.165, 1.54) is 11.3 Å². The summed E-state index contributed by atoms with van der Waals surface area (Å²) in [5.74, 6) is 0.208. The van der Waals surface area contributed by atoms with Crippen molar-refractivity contribution in [3.05, 3.63) is 21.9 Å². The van der Waals surface area contributed by atoms with Gasteiger partial charge in [0.1, 0.15) is 0 Å². The molecule has 0 N–H and O–H groups in total. The average molecular weight is 252 g/mol. The van der Waals surface area contributed by atoms with E-state index in [1.807, 2.05) is 24.0 Å². The largest absolute Gasteiger partial charge is 0.335 e. The van der Waals surface area contributed by atoms with Crippen molar-refractivity contribution < 1.29 is 4.79 Å². The molecule has 0 aliphatic carbocycles. The topological polar surface area (TPSA) is 23.6 Å². The molecule has 1 aliphatic heterocycles. The van der Waals surface area contributed by atoms with E-state index in [2.05, 4.69) is 11.8 Å². The second-order valence-corrected chi connectivity index (χ2v) is 5.83. The molecule has 3 nitrogen and oxygen atoms in total. The Labute approximate surface area is 107 Å². The van der Waals surface area contributed by atoms with E-state index >= 15 is 0 Å². The molecule has 17 heavy (non-hydrogen) atoms. The Hall–Kier alpha value is -0.870. The van der Waals surface area contributed by atoms with Gasteiger partial charge in [-0.2, -0.15) is 0 Å². The van der Waals surface area contributed by atoms with Gasteiger partial charge >= 0.3 is 0 Å². The number of nitrogens with zero attached hydrogens (tertiary/aromatic N) is 2. The second-order valence-electron chi connectivity index (χ2n) is 4.54. The van der Waals surface area contributed by atoms with Crippen LogP contribution in [0.2, 0.25) is 0 Å². The highest BCUT2D eigenvalue weighted by Crippen LogP contribution is 2.18. The lowest BCUT2D eigenvalue weighted by atomic mass is 10.2. The average Bonchev–Trinajstić information content (AvgIpc) is 2.76. The van der Waals surface area contributed by atoms with Gasteiger partial charge in [0.15, 0.2) is 0 Å². The lowest BCUT2D eigenvalue weighted by molar-refractivity contribution is 0.0642. The van der Waals surface area contributed by atoms with Crippen LogP contribution >= 0.6 is 11.3 Å². The maximum atomic E-state index is 12.2. The molecule has 94 valence electrons. The molecule has 1 aliphatic rings. The summed E-state index contributed by atoms with van der Waals surface area (Å²) in [4.78, 5) is 18.7. The monoisotopic (exact) mass is 252 g/mol. The Kier molecular flexibility index (Phi) is 4.18. The van der Waals surface area contributed by atoms with Crippen LogP contribution in [-0.2, 0) is 0 Å². The number of hydrogen-bond acceptors (Lipinski definition) is 3. The van der Waals surface area contributed by atoms with Crippen LogP contribution in [0.15, 0.2) is 12.1 Å². The first kappa shape index (κ1) is 12.6. The summed E-state index contributed by atoms with van der Waals surface area (Å²) in [6, 6.07) is 3.96. The molecular formula is C13H20N2OS. The molecule has 4 heteroatoms. The molecule has 0 unspecified atom stereocenters. The van der Waals surface area contributed by atoms with E-state index in [1.54, 1.807) is 11.3 Å². The van der Waals surface area contributed by atoms with Crippen LogP contribution in [-0.4, -0.2) is 48.4 Å². The Balaban J connectivity index is 1.90. The molecule has 1 saturated heterocycles. The van der Waals surface area contributed by atoms with Crippen LogP contribution in [0.1, 0.15) is 27.9 Å². The van der Waals surface area contributed by atoms with Crippen molar-refractivity contribution in [1.29, 1.82) is 0 Å². The minimum absolute atomic E-state index is 0.208. The molecule has 1 amide bonds. The fourth-order valence-electron chi connectivity index (χ4n) is 2.20. The van der Waals surface area contributed by atoms with E-state index in [0.29, 0.717) is 0 Å². The van der Waals surface area contributed by atoms with E-state index in [4.69, 9.17) is 0 Å². The van der Waals surface area contributed by atoms with Crippen molar-refractivity contribution in [2.45, 2.75) is 20.3 Å². The van der Waals surface area contributed by atoms with Crippen molar-refractivity contribution in [1.82, 2.24) is 9.80 Å². The number of rotatable bonds is 3. The third kappa shape index (κ3) is 3.07. The molecule has 2 rings (SSSR count). The van der Waals surface area contributed by atoms with Gasteiger partial charge in [0.2, 0.25) is 0 Å².